The monoisotopic (exact) mass is 403 g/mol. The number of halogens is 2. The van der Waals surface area contributed by atoms with E-state index in [4.69, 9.17) is 16.3 Å². The molecular weight excluding hydrogens is 385 g/mol. The molecule has 3 aromatic rings. The van der Waals surface area contributed by atoms with Gasteiger partial charge in [-0.25, -0.2) is 4.39 Å². The van der Waals surface area contributed by atoms with Gasteiger partial charge in [0.2, 0.25) is 0 Å². The first-order valence-electron chi connectivity index (χ1n) is 8.49. The lowest BCUT2D eigenvalue weighted by Crippen LogP contribution is -2.10. The summed E-state index contributed by atoms with van der Waals surface area (Å²) in [6.07, 6.45) is 0. The van der Waals surface area contributed by atoms with E-state index in [1.165, 1.54) is 35.1 Å². The summed E-state index contributed by atoms with van der Waals surface area (Å²) in [5, 5.41) is 4.56. The minimum absolute atomic E-state index is 0.0310. The van der Waals surface area contributed by atoms with E-state index in [9.17, 15) is 9.18 Å². The Balaban J connectivity index is 1.58. The normalized spacial score (nSPS) is 10.9. The van der Waals surface area contributed by atoms with Gasteiger partial charge in [-0.05, 0) is 53.3 Å². The minimum Gasteiger partial charge on any atom is -0.489 e. The van der Waals surface area contributed by atoms with Crippen LogP contribution in [0.1, 0.15) is 40.6 Å². The number of carbonyl (C=O) groups is 1. The van der Waals surface area contributed by atoms with Crippen molar-refractivity contribution in [3.8, 4) is 5.75 Å². The van der Waals surface area contributed by atoms with Crippen molar-refractivity contribution in [2.24, 2.45) is 0 Å². The average molecular weight is 404 g/mol. The maximum absolute atomic E-state index is 13.2. The van der Waals surface area contributed by atoms with E-state index in [1.807, 2.05) is 17.5 Å². The zero-order valence-corrected chi connectivity index (χ0v) is 16.5. The van der Waals surface area contributed by atoms with Crippen LogP contribution in [0, 0.1) is 5.82 Å². The highest BCUT2D eigenvalue weighted by atomic mass is 35.5. The van der Waals surface area contributed by atoms with Gasteiger partial charge in [-0.1, -0.05) is 37.6 Å². The number of nitrogens with one attached hydrogen (secondary N) is 1. The van der Waals surface area contributed by atoms with Crippen LogP contribution in [0.3, 0.4) is 0 Å². The Morgan fingerprint density at radius 2 is 1.93 bits per heavy atom. The molecule has 1 aromatic heterocycles. The van der Waals surface area contributed by atoms with Crippen molar-refractivity contribution >= 4 is 34.5 Å². The van der Waals surface area contributed by atoms with Gasteiger partial charge in [0, 0.05) is 11.3 Å². The number of hydrogen-bond donors (Lipinski definition) is 1. The molecule has 0 fully saturated rings. The van der Waals surface area contributed by atoms with Crippen LogP contribution in [0.2, 0.25) is 5.02 Å². The quantitative estimate of drug-likeness (QED) is 0.510. The van der Waals surface area contributed by atoms with E-state index in [1.54, 1.807) is 6.07 Å². The van der Waals surface area contributed by atoms with E-state index in [0.29, 0.717) is 23.1 Å². The number of hydrogen-bond acceptors (Lipinski definition) is 3. The molecule has 2 aromatic carbocycles. The van der Waals surface area contributed by atoms with Crippen LogP contribution in [0.25, 0.3) is 0 Å². The van der Waals surface area contributed by atoms with Crippen LogP contribution in [0.15, 0.2) is 53.9 Å². The summed E-state index contributed by atoms with van der Waals surface area (Å²) in [7, 11) is 0. The molecule has 3 nitrogen and oxygen atoms in total. The molecule has 1 heterocycles. The Morgan fingerprint density at radius 1 is 1.19 bits per heavy atom. The van der Waals surface area contributed by atoms with E-state index >= 15 is 0 Å². The summed E-state index contributed by atoms with van der Waals surface area (Å²) < 4.78 is 19.0. The van der Waals surface area contributed by atoms with Gasteiger partial charge in [-0.15, -0.1) is 11.3 Å². The molecule has 6 heteroatoms. The van der Waals surface area contributed by atoms with Crippen LogP contribution in [0.4, 0.5) is 10.1 Å². The van der Waals surface area contributed by atoms with Gasteiger partial charge in [0.15, 0.2) is 0 Å². The topological polar surface area (TPSA) is 38.3 Å². The molecule has 3 rings (SSSR count). The van der Waals surface area contributed by atoms with Gasteiger partial charge in [0.05, 0.1) is 9.90 Å². The van der Waals surface area contributed by atoms with Crippen molar-refractivity contribution in [1.29, 1.82) is 0 Å². The first-order valence-corrected chi connectivity index (χ1v) is 9.74. The number of rotatable bonds is 6. The molecule has 27 heavy (non-hydrogen) atoms. The summed E-state index contributed by atoms with van der Waals surface area (Å²) in [5.74, 6) is 0.479. The first-order chi connectivity index (χ1) is 12.9. The molecule has 1 N–H and O–H groups in total. The minimum atomic E-state index is -0.522. The van der Waals surface area contributed by atoms with Gasteiger partial charge in [0.1, 0.15) is 18.2 Å². The average Bonchev–Trinajstić information content (AvgIpc) is 3.12. The molecule has 1 amide bonds. The van der Waals surface area contributed by atoms with Gasteiger partial charge < -0.3 is 10.1 Å². The van der Waals surface area contributed by atoms with Crippen LogP contribution >= 0.6 is 22.9 Å². The Kier molecular flexibility index (Phi) is 6.14. The Morgan fingerprint density at radius 3 is 2.59 bits per heavy atom. The standard InChI is InChI=1S/C21H19ClFNO2S/c1-13(2)15-3-6-17(7-4-15)26-11-14-9-20(27-12-14)21(25)24-16-5-8-19(23)18(22)10-16/h3-10,12-13H,11H2,1-2H3,(H,24,25). The lowest BCUT2D eigenvalue weighted by atomic mass is 10.0. The lowest BCUT2D eigenvalue weighted by Gasteiger charge is -2.08. The summed E-state index contributed by atoms with van der Waals surface area (Å²) >= 11 is 7.06. The molecule has 0 spiro atoms. The van der Waals surface area contributed by atoms with Gasteiger partial charge in [-0.3, -0.25) is 4.79 Å². The highest BCUT2D eigenvalue weighted by molar-refractivity contribution is 7.12. The number of anilines is 1. The highest BCUT2D eigenvalue weighted by Gasteiger charge is 2.11. The van der Waals surface area contributed by atoms with Crippen molar-refractivity contribution < 1.29 is 13.9 Å². The molecule has 0 unspecified atom stereocenters. The van der Waals surface area contributed by atoms with Crippen molar-refractivity contribution in [3.05, 3.63) is 80.8 Å². The first kappa shape index (κ1) is 19.4. The molecular formula is C21H19ClFNO2S. The molecule has 0 aliphatic rings. The van der Waals surface area contributed by atoms with Gasteiger partial charge in [0.25, 0.3) is 5.91 Å². The molecule has 0 bridgehead atoms. The van der Waals surface area contributed by atoms with E-state index in [2.05, 4.69) is 31.3 Å². The number of amides is 1. The third kappa shape index (κ3) is 5.08. The Labute approximate surface area is 166 Å². The number of carbonyl (C=O) groups excluding carboxylic acids is 1. The largest absolute Gasteiger partial charge is 0.489 e. The predicted molar refractivity (Wildman–Crippen MR) is 109 cm³/mol. The fourth-order valence-electron chi connectivity index (χ4n) is 2.45. The summed E-state index contributed by atoms with van der Waals surface area (Å²) in [5.41, 5.74) is 2.62. The molecule has 0 saturated heterocycles. The maximum atomic E-state index is 13.2. The zero-order chi connectivity index (χ0) is 19.4. The molecule has 140 valence electrons. The summed E-state index contributed by atoms with van der Waals surface area (Å²) in [6.45, 7) is 4.68. The summed E-state index contributed by atoms with van der Waals surface area (Å²) in [4.78, 5) is 12.9. The SMILES string of the molecule is CC(C)c1ccc(OCc2csc(C(=O)Nc3ccc(F)c(Cl)c3)c2)cc1. The second-order valence-electron chi connectivity index (χ2n) is 6.41. The zero-order valence-electron chi connectivity index (χ0n) is 15.0. The lowest BCUT2D eigenvalue weighted by molar-refractivity contribution is 0.103. The highest BCUT2D eigenvalue weighted by Crippen LogP contribution is 2.23. The molecule has 0 aliphatic carbocycles. The van der Waals surface area contributed by atoms with Crippen molar-refractivity contribution in [2.45, 2.75) is 26.4 Å². The van der Waals surface area contributed by atoms with E-state index in [-0.39, 0.29) is 10.9 Å². The molecule has 0 saturated carbocycles. The van der Waals surface area contributed by atoms with Crippen LogP contribution in [-0.4, -0.2) is 5.91 Å². The Hall–Kier alpha value is -2.37. The maximum Gasteiger partial charge on any atom is 0.265 e. The molecule has 0 aliphatic heterocycles. The van der Waals surface area contributed by atoms with Gasteiger partial charge >= 0.3 is 0 Å². The number of benzene rings is 2. The third-order valence-corrected chi connectivity index (χ3v) is 5.27. The third-order valence-electron chi connectivity index (χ3n) is 4.01. The van der Waals surface area contributed by atoms with Crippen LogP contribution in [0.5, 0.6) is 5.75 Å². The summed E-state index contributed by atoms with van der Waals surface area (Å²) in [6, 6.07) is 13.9. The van der Waals surface area contributed by atoms with Crippen LogP contribution < -0.4 is 10.1 Å². The van der Waals surface area contributed by atoms with Crippen molar-refractivity contribution in [3.63, 3.8) is 0 Å². The van der Waals surface area contributed by atoms with Crippen molar-refractivity contribution in [2.75, 3.05) is 5.32 Å². The smallest absolute Gasteiger partial charge is 0.265 e. The molecule has 0 atom stereocenters. The van der Waals surface area contributed by atoms with E-state index < -0.39 is 5.82 Å². The Bertz CT molecular complexity index is 938. The fourth-order valence-corrected chi connectivity index (χ4v) is 3.43. The molecule has 0 radical (unpaired) electrons. The van der Waals surface area contributed by atoms with Crippen LogP contribution in [-0.2, 0) is 6.61 Å². The predicted octanol–water partition coefficient (Wildman–Crippen LogP) is 6.50. The fraction of sp³-hybridized carbons (Fsp3) is 0.190. The van der Waals surface area contributed by atoms with E-state index in [0.717, 1.165) is 11.3 Å². The second kappa shape index (κ2) is 8.55. The number of ether oxygens (including phenoxy) is 1. The van der Waals surface area contributed by atoms with Gasteiger partial charge in [-0.2, -0.15) is 0 Å². The van der Waals surface area contributed by atoms with Crippen molar-refractivity contribution in [1.82, 2.24) is 0 Å². The second-order valence-corrected chi connectivity index (χ2v) is 7.73. The number of thiophene rings is 1.